The predicted octanol–water partition coefficient (Wildman–Crippen LogP) is 0.240. The van der Waals surface area contributed by atoms with Gasteiger partial charge in [-0.25, -0.2) is 14.9 Å². The molecule has 1 aromatic carbocycles. The summed E-state index contributed by atoms with van der Waals surface area (Å²) in [4.78, 5) is 19.5. The monoisotopic (exact) mass is 294 g/mol. The molecule has 2 N–H and O–H groups in total. The molecule has 0 amide bonds. The summed E-state index contributed by atoms with van der Waals surface area (Å²) in [5.41, 5.74) is 3.58. The van der Waals surface area contributed by atoms with Gasteiger partial charge in [0.1, 0.15) is 0 Å². The second-order valence-corrected chi connectivity index (χ2v) is 5.37. The van der Waals surface area contributed by atoms with Crippen molar-refractivity contribution >= 4 is 16.6 Å². The van der Waals surface area contributed by atoms with E-state index in [9.17, 15) is 4.79 Å². The Morgan fingerprint density at radius 3 is 2.86 bits per heavy atom. The smallest absolute Gasteiger partial charge is 0.305 e. The Labute approximate surface area is 122 Å². The fourth-order valence-corrected chi connectivity index (χ4v) is 3.06. The summed E-state index contributed by atoms with van der Waals surface area (Å²) < 4.78 is 1.25. The van der Waals surface area contributed by atoms with Gasteiger partial charge in [-0.1, -0.05) is 0 Å². The van der Waals surface area contributed by atoms with E-state index in [4.69, 9.17) is 0 Å². The average molecular weight is 294 g/mol. The first kappa shape index (κ1) is 11.5. The van der Waals surface area contributed by atoms with Gasteiger partial charge in [0.15, 0.2) is 5.65 Å². The van der Waals surface area contributed by atoms with Crippen molar-refractivity contribution in [2.24, 2.45) is 0 Å². The zero-order valence-corrected chi connectivity index (χ0v) is 11.4. The molecule has 9 nitrogen and oxygen atoms in total. The van der Waals surface area contributed by atoms with Crippen LogP contribution in [0.4, 0.5) is 0 Å². The zero-order valence-electron chi connectivity index (χ0n) is 11.4. The molecule has 4 aromatic rings. The van der Waals surface area contributed by atoms with Crippen LogP contribution >= 0.6 is 0 Å². The van der Waals surface area contributed by atoms with E-state index in [1.165, 1.54) is 15.6 Å². The van der Waals surface area contributed by atoms with Crippen molar-refractivity contribution < 1.29 is 0 Å². The lowest BCUT2D eigenvalue weighted by atomic mass is 10.1. The molecule has 0 saturated heterocycles. The first-order chi connectivity index (χ1) is 10.8. The van der Waals surface area contributed by atoms with Gasteiger partial charge in [0, 0.05) is 5.39 Å². The lowest BCUT2D eigenvalue weighted by Gasteiger charge is -2.03. The van der Waals surface area contributed by atoms with E-state index in [0.717, 1.165) is 30.2 Å². The van der Waals surface area contributed by atoms with Gasteiger partial charge in [0.25, 0.3) is 0 Å². The van der Waals surface area contributed by atoms with Crippen LogP contribution in [0.3, 0.4) is 0 Å². The van der Waals surface area contributed by atoms with Crippen LogP contribution in [0, 0.1) is 0 Å². The van der Waals surface area contributed by atoms with Crippen LogP contribution in [0.25, 0.3) is 28.2 Å². The third-order valence-electron chi connectivity index (χ3n) is 4.07. The summed E-state index contributed by atoms with van der Waals surface area (Å²) in [5.74, 6) is 0.626. The molecule has 108 valence electrons. The highest BCUT2D eigenvalue weighted by atomic mass is 16.1. The average Bonchev–Trinajstić information content (AvgIpc) is 3.24. The molecular weight excluding hydrogens is 284 g/mol. The third-order valence-corrected chi connectivity index (χ3v) is 4.07. The third kappa shape index (κ3) is 1.47. The van der Waals surface area contributed by atoms with E-state index in [-0.39, 0.29) is 5.69 Å². The quantitative estimate of drug-likeness (QED) is 0.519. The number of aromatic nitrogens is 8. The van der Waals surface area contributed by atoms with Crippen LogP contribution in [-0.2, 0) is 12.8 Å². The highest BCUT2D eigenvalue weighted by Crippen LogP contribution is 2.27. The van der Waals surface area contributed by atoms with Gasteiger partial charge in [0.2, 0.25) is 11.6 Å². The summed E-state index contributed by atoms with van der Waals surface area (Å²) in [6.45, 7) is 0. The summed E-state index contributed by atoms with van der Waals surface area (Å²) in [6.07, 6.45) is 3.26. The van der Waals surface area contributed by atoms with E-state index in [0.29, 0.717) is 17.3 Å². The van der Waals surface area contributed by atoms with E-state index in [1.807, 2.05) is 6.07 Å². The lowest BCUT2D eigenvalue weighted by molar-refractivity contribution is 0.880. The van der Waals surface area contributed by atoms with Crippen molar-refractivity contribution in [1.29, 1.82) is 0 Å². The van der Waals surface area contributed by atoms with Gasteiger partial charge in [-0.15, -0.1) is 10.2 Å². The second-order valence-electron chi connectivity index (χ2n) is 5.37. The Balaban J connectivity index is 1.89. The number of aryl methyl sites for hydroxylation is 2. The summed E-state index contributed by atoms with van der Waals surface area (Å²) in [5, 5.41) is 18.5. The highest BCUT2D eigenvalue weighted by molar-refractivity contribution is 5.92. The Kier molecular flexibility index (Phi) is 2.08. The minimum atomic E-state index is -0.327. The molecule has 9 heteroatoms. The molecule has 0 bridgehead atoms. The summed E-state index contributed by atoms with van der Waals surface area (Å²) in [7, 11) is 0. The molecule has 22 heavy (non-hydrogen) atoms. The van der Waals surface area contributed by atoms with Gasteiger partial charge in [-0.2, -0.15) is 4.52 Å². The topological polar surface area (TPSA) is 118 Å². The Hall–Kier alpha value is -3.10. The van der Waals surface area contributed by atoms with Gasteiger partial charge < -0.3 is 4.98 Å². The van der Waals surface area contributed by atoms with Gasteiger partial charge in [-0.3, -0.25) is 0 Å². The van der Waals surface area contributed by atoms with Gasteiger partial charge in [-0.05, 0) is 52.9 Å². The van der Waals surface area contributed by atoms with Crippen molar-refractivity contribution in [3.63, 3.8) is 0 Å². The number of rotatable bonds is 1. The minimum Gasteiger partial charge on any atom is -0.305 e. The molecule has 0 radical (unpaired) electrons. The molecule has 0 spiro atoms. The van der Waals surface area contributed by atoms with Crippen molar-refractivity contribution in [3.8, 4) is 11.6 Å². The van der Waals surface area contributed by atoms with Crippen molar-refractivity contribution in [1.82, 2.24) is 40.2 Å². The number of fused-ring (bicyclic) bond motifs is 4. The van der Waals surface area contributed by atoms with Crippen LogP contribution in [0.5, 0.6) is 0 Å². The molecule has 5 rings (SSSR count). The first-order valence-corrected chi connectivity index (χ1v) is 6.98. The molecule has 3 aromatic heterocycles. The maximum Gasteiger partial charge on any atom is 0.348 e. The SMILES string of the molecule is O=c1[nH]c2cc3c(cc2c2nc(-c4nnn[nH]4)nn12)CCC3. The van der Waals surface area contributed by atoms with Crippen LogP contribution in [0.1, 0.15) is 17.5 Å². The van der Waals surface area contributed by atoms with Crippen LogP contribution in [-0.4, -0.2) is 40.2 Å². The molecule has 0 unspecified atom stereocenters. The molecule has 0 atom stereocenters. The van der Waals surface area contributed by atoms with Crippen molar-refractivity contribution in [3.05, 3.63) is 33.7 Å². The van der Waals surface area contributed by atoms with Crippen molar-refractivity contribution in [2.75, 3.05) is 0 Å². The molecule has 1 aliphatic rings. The number of benzene rings is 1. The largest absolute Gasteiger partial charge is 0.348 e. The van der Waals surface area contributed by atoms with Crippen LogP contribution in [0.15, 0.2) is 16.9 Å². The Morgan fingerprint density at radius 2 is 2.05 bits per heavy atom. The normalized spacial score (nSPS) is 14.0. The molecular formula is C13H10N8O. The second kappa shape index (κ2) is 3.97. The number of H-pyrrole nitrogens is 2. The van der Waals surface area contributed by atoms with Crippen LogP contribution in [0.2, 0.25) is 0 Å². The standard InChI is InChI=1S/C13H10N8O/c22-13-14-9-5-7-3-1-2-6(7)4-8(9)12-15-10(18-21(12)13)11-16-19-20-17-11/h4-5H,1-3H2,(H,14,22)(H,16,17,19,20). The van der Waals surface area contributed by atoms with E-state index >= 15 is 0 Å². The van der Waals surface area contributed by atoms with E-state index < -0.39 is 0 Å². The lowest BCUT2D eigenvalue weighted by Crippen LogP contribution is -2.17. The molecule has 0 fully saturated rings. The maximum absolute atomic E-state index is 12.2. The summed E-state index contributed by atoms with van der Waals surface area (Å²) in [6, 6.07) is 4.14. The van der Waals surface area contributed by atoms with E-state index in [2.05, 4.69) is 41.8 Å². The first-order valence-electron chi connectivity index (χ1n) is 6.98. The number of nitrogens with one attached hydrogen (secondary N) is 2. The molecule has 1 aliphatic carbocycles. The van der Waals surface area contributed by atoms with Gasteiger partial charge >= 0.3 is 5.69 Å². The van der Waals surface area contributed by atoms with E-state index in [1.54, 1.807) is 0 Å². The zero-order chi connectivity index (χ0) is 14.7. The molecule has 0 saturated carbocycles. The molecule has 0 aliphatic heterocycles. The Morgan fingerprint density at radius 1 is 1.18 bits per heavy atom. The molecule has 3 heterocycles. The number of hydrogen-bond donors (Lipinski definition) is 2. The minimum absolute atomic E-state index is 0.295. The maximum atomic E-state index is 12.2. The number of hydrogen-bond acceptors (Lipinski definition) is 6. The van der Waals surface area contributed by atoms with Gasteiger partial charge in [0.05, 0.1) is 5.52 Å². The fourth-order valence-electron chi connectivity index (χ4n) is 3.06. The number of aromatic amines is 2. The number of tetrazole rings is 1. The highest BCUT2D eigenvalue weighted by Gasteiger charge is 2.17. The van der Waals surface area contributed by atoms with Crippen molar-refractivity contribution in [2.45, 2.75) is 19.3 Å². The fraction of sp³-hybridized carbons (Fsp3) is 0.231. The van der Waals surface area contributed by atoms with Crippen LogP contribution < -0.4 is 5.69 Å². The number of nitrogens with zero attached hydrogens (tertiary/aromatic N) is 6. The summed E-state index contributed by atoms with van der Waals surface area (Å²) >= 11 is 0. The predicted molar refractivity (Wildman–Crippen MR) is 76.3 cm³/mol. The Bertz CT molecular complexity index is 1080.